The van der Waals surface area contributed by atoms with Gasteiger partial charge in [-0.2, -0.15) is 0 Å². The molecule has 3 rings (SSSR count). The van der Waals surface area contributed by atoms with Crippen molar-refractivity contribution in [2.24, 2.45) is 0 Å². The molecule has 0 radical (unpaired) electrons. The number of carbonyl (C=O) groups excluding carboxylic acids is 2. The monoisotopic (exact) mass is 548 g/mol. The number of rotatable bonds is 14. The number of aryl methyl sites for hydroxylation is 2. The van der Waals surface area contributed by atoms with Crippen molar-refractivity contribution in [3.8, 4) is 17.2 Å². The van der Waals surface area contributed by atoms with E-state index in [4.69, 9.17) is 13.9 Å². The molecule has 1 atom stereocenters. The Bertz CT molecular complexity index is 1360. The number of carboxylic acids is 1. The molecular weight excluding hydrogens is 515 g/mol. The van der Waals surface area contributed by atoms with Crippen LogP contribution in [0.3, 0.4) is 0 Å². The molecule has 204 valence electrons. The van der Waals surface area contributed by atoms with Gasteiger partial charge < -0.3 is 34.0 Å². The number of phenolic OH excluding ortho intramolecular Hbond substituents is 1. The van der Waals surface area contributed by atoms with Crippen molar-refractivity contribution in [1.29, 1.82) is 0 Å². The molecule has 1 unspecified atom stereocenters. The first-order valence-electron chi connectivity index (χ1n) is 12.7. The predicted molar refractivity (Wildman–Crippen MR) is 139 cm³/mol. The summed E-state index contributed by atoms with van der Waals surface area (Å²) >= 11 is 0. The third-order valence-corrected chi connectivity index (χ3v) is 6.07. The molecular formula is C29H33NaO9. The Balaban J connectivity index is 0.00000533. The van der Waals surface area contributed by atoms with Gasteiger partial charge >= 0.3 is 29.6 Å². The first kappa shape index (κ1) is 32.4. The van der Waals surface area contributed by atoms with E-state index in [0.717, 1.165) is 12.8 Å². The summed E-state index contributed by atoms with van der Waals surface area (Å²) < 4.78 is 17.6. The fourth-order valence-corrected chi connectivity index (χ4v) is 4.22. The predicted octanol–water partition coefficient (Wildman–Crippen LogP) is 0.111. The Labute approximate surface area is 249 Å². The Morgan fingerprint density at radius 2 is 1.56 bits per heavy atom. The Hall–Kier alpha value is -2.85. The van der Waals surface area contributed by atoms with Crippen molar-refractivity contribution >= 4 is 22.7 Å². The SMILES string of the molecule is CCCc1c(OCC(O)COc2ccc3c(=O)cc(CCC(=O)[O-])oc3c2CCC)ccc(C(C)=O)c1O.[Na+]. The molecule has 0 fully saturated rings. The third kappa shape index (κ3) is 8.32. The van der Waals surface area contributed by atoms with Gasteiger partial charge in [0.1, 0.15) is 47.9 Å². The second-order valence-corrected chi connectivity index (χ2v) is 9.14. The number of aliphatic hydroxyl groups is 1. The van der Waals surface area contributed by atoms with Crippen LogP contribution in [-0.2, 0) is 24.1 Å². The number of phenols is 1. The van der Waals surface area contributed by atoms with E-state index >= 15 is 0 Å². The number of benzene rings is 2. The molecule has 0 aliphatic carbocycles. The number of carbonyl (C=O) groups is 2. The molecule has 10 heteroatoms. The normalized spacial score (nSPS) is 11.6. The van der Waals surface area contributed by atoms with Gasteiger partial charge in [-0.05, 0) is 50.5 Å². The van der Waals surface area contributed by atoms with Gasteiger partial charge in [-0.15, -0.1) is 0 Å². The van der Waals surface area contributed by atoms with E-state index in [1.807, 2.05) is 13.8 Å². The molecule has 1 heterocycles. The Morgan fingerprint density at radius 3 is 2.15 bits per heavy atom. The van der Waals surface area contributed by atoms with Gasteiger partial charge in [0, 0.05) is 29.6 Å². The molecule has 1 aromatic heterocycles. The van der Waals surface area contributed by atoms with Crippen LogP contribution in [0.15, 0.2) is 39.5 Å². The van der Waals surface area contributed by atoms with Crippen LogP contribution < -0.4 is 49.6 Å². The first-order valence-corrected chi connectivity index (χ1v) is 12.7. The number of hydrogen-bond donors (Lipinski definition) is 2. The molecule has 39 heavy (non-hydrogen) atoms. The fourth-order valence-electron chi connectivity index (χ4n) is 4.22. The van der Waals surface area contributed by atoms with Crippen molar-refractivity contribution in [2.75, 3.05) is 13.2 Å². The Kier molecular flexibility index (Phi) is 12.5. The largest absolute Gasteiger partial charge is 1.00 e. The van der Waals surface area contributed by atoms with Gasteiger partial charge in [-0.25, -0.2) is 0 Å². The molecule has 3 aromatic rings. The van der Waals surface area contributed by atoms with E-state index in [0.29, 0.717) is 46.4 Å². The summed E-state index contributed by atoms with van der Waals surface area (Å²) in [5, 5.41) is 32.2. The van der Waals surface area contributed by atoms with Gasteiger partial charge in [0.05, 0.1) is 10.9 Å². The standard InChI is InChI=1S/C29H34O9.Na/c1-4-6-22-25(11-9-20(17(3)30)28(22)35)36-15-18(31)16-37-26-12-10-21-24(32)14-19(8-13-27(33)34)38-29(21)23(26)7-5-2;/h9-12,14,18,31,35H,4-8,13,15-16H2,1-3H3,(H,33,34);/q;+1/p-1. The average molecular weight is 549 g/mol. The number of ether oxygens (including phenoxy) is 2. The van der Waals surface area contributed by atoms with Crippen LogP contribution in [0.1, 0.15) is 67.3 Å². The van der Waals surface area contributed by atoms with Crippen LogP contribution in [0.25, 0.3) is 11.0 Å². The summed E-state index contributed by atoms with van der Waals surface area (Å²) in [4.78, 5) is 35.2. The summed E-state index contributed by atoms with van der Waals surface area (Å²) in [5.41, 5.74) is 1.44. The molecule has 2 aromatic carbocycles. The minimum absolute atomic E-state index is 0. The second-order valence-electron chi connectivity index (χ2n) is 9.14. The topological polar surface area (TPSA) is 146 Å². The average Bonchev–Trinajstić information content (AvgIpc) is 2.87. The maximum absolute atomic E-state index is 12.6. The van der Waals surface area contributed by atoms with E-state index in [9.17, 15) is 29.7 Å². The summed E-state index contributed by atoms with van der Waals surface area (Å²) in [5.74, 6) is -0.521. The summed E-state index contributed by atoms with van der Waals surface area (Å²) in [6.45, 7) is 5.06. The summed E-state index contributed by atoms with van der Waals surface area (Å²) in [6, 6.07) is 7.62. The molecule has 0 amide bonds. The van der Waals surface area contributed by atoms with Crippen molar-refractivity contribution in [3.05, 3.63) is 63.0 Å². The van der Waals surface area contributed by atoms with Gasteiger partial charge in [0.2, 0.25) is 0 Å². The van der Waals surface area contributed by atoms with Crippen molar-refractivity contribution < 1.29 is 68.4 Å². The van der Waals surface area contributed by atoms with Crippen LogP contribution in [0.5, 0.6) is 17.2 Å². The third-order valence-electron chi connectivity index (χ3n) is 6.07. The van der Waals surface area contributed by atoms with Gasteiger partial charge in [0.25, 0.3) is 0 Å². The minimum Gasteiger partial charge on any atom is -0.550 e. The fraction of sp³-hybridized carbons (Fsp3) is 0.414. The van der Waals surface area contributed by atoms with Crippen LogP contribution in [0, 0.1) is 0 Å². The molecule has 0 saturated heterocycles. The number of fused-ring (bicyclic) bond motifs is 1. The van der Waals surface area contributed by atoms with E-state index in [-0.39, 0.29) is 83.9 Å². The maximum atomic E-state index is 12.6. The van der Waals surface area contributed by atoms with Crippen molar-refractivity contribution in [1.82, 2.24) is 0 Å². The van der Waals surface area contributed by atoms with E-state index in [1.165, 1.54) is 19.1 Å². The number of ketones is 1. The molecule has 0 bridgehead atoms. The summed E-state index contributed by atoms with van der Waals surface area (Å²) in [6.07, 6.45) is 1.23. The number of aliphatic hydroxyl groups excluding tert-OH is 1. The van der Waals surface area contributed by atoms with E-state index in [1.54, 1.807) is 18.2 Å². The molecule has 0 aliphatic rings. The first-order chi connectivity index (χ1) is 18.2. The molecule has 0 saturated carbocycles. The van der Waals surface area contributed by atoms with Crippen LogP contribution in [0.2, 0.25) is 0 Å². The zero-order valence-corrected chi connectivity index (χ0v) is 24.9. The quantitative estimate of drug-likeness (QED) is 0.212. The number of aromatic hydroxyl groups is 1. The van der Waals surface area contributed by atoms with E-state index in [2.05, 4.69) is 0 Å². The van der Waals surface area contributed by atoms with Crippen LogP contribution in [-0.4, -0.2) is 41.3 Å². The number of hydrogen-bond acceptors (Lipinski definition) is 9. The van der Waals surface area contributed by atoms with Crippen LogP contribution in [0.4, 0.5) is 0 Å². The van der Waals surface area contributed by atoms with Gasteiger partial charge in [-0.1, -0.05) is 26.7 Å². The number of Topliss-reactive ketones (excluding diaryl/α,β-unsaturated/α-hetero) is 1. The number of aliphatic carboxylic acids is 1. The van der Waals surface area contributed by atoms with Crippen LogP contribution >= 0.6 is 0 Å². The van der Waals surface area contributed by atoms with Crippen molar-refractivity contribution in [2.45, 2.75) is 65.4 Å². The second kappa shape index (κ2) is 15.1. The molecule has 2 N–H and O–H groups in total. The number of carboxylic acid groups (broad SMARTS) is 1. The molecule has 0 spiro atoms. The zero-order chi connectivity index (χ0) is 27.8. The molecule has 0 aliphatic heterocycles. The van der Waals surface area contributed by atoms with Gasteiger partial charge in [0.15, 0.2) is 11.2 Å². The minimum atomic E-state index is -1.23. The summed E-state index contributed by atoms with van der Waals surface area (Å²) in [7, 11) is 0. The zero-order valence-electron chi connectivity index (χ0n) is 22.9. The van der Waals surface area contributed by atoms with E-state index < -0.39 is 12.1 Å². The van der Waals surface area contributed by atoms with Gasteiger partial charge in [-0.3, -0.25) is 9.59 Å². The molecule has 9 nitrogen and oxygen atoms in total. The maximum Gasteiger partial charge on any atom is 1.00 e. The smallest absolute Gasteiger partial charge is 0.550 e. The Morgan fingerprint density at radius 1 is 0.974 bits per heavy atom. The van der Waals surface area contributed by atoms with Crippen molar-refractivity contribution in [3.63, 3.8) is 0 Å².